The van der Waals surface area contributed by atoms with Gasteiger partial charge in [-0.25, -0.2) is 4.79 Å². The van der Waals surface area contributed by atoms with Crippen molar-refractivity contribution in [2.75, 3.05) is 0 Å². The number of esters is 1. The highest BCUT2D eigenvalue weighted by Gasteiger charge is 2.40. The van der Waals surface area contributed by atoms with E-state index >= 15 is 0 Å². The van der Waals surface area contributed by atoms with Crippen LogP contribution in [0, 0.1) is 5.92 Å². The third kappa shape index (κ3) is 2.10. The minimum atomic E-state index is -1.00. The number of hydrogen-bond donors (Lipinski definition) is 1. The summed E-state index contributed by atoms with van der Waals surface area (Å²) in [6, 6.07) is 0. The van der Waals surface area contributed by atoms with Crippen LogP contribution in [0.4, 0.5) is 0 Å². The van der Waals surface area contributed by atoms with Crippen LogP contribution in [0.1, 0.15) is 26.2 Å². The van der Waals surface area contributed by atoms with Gasteiger partial charge in [0.25, 0.3) is 0 Å². The average Bonchev–Trinajstić information content (AvgIpc) is 2.39. The molecule has 0 bridgehead atoms. The number of carbonyl (C=O) groups is 1. The van der Waals surface area contributed by atoms with Crippen molar-refractivity contribution in [2.24, 2.45) is 5.92 Å². The molecule has 13 heavy (non-hydrogen) atoms. The Morgan fingerprint density at radius 1 is 1.69 bits per heavy atom. The molecular weight excluding hydrogens is 168 g/mol. The second-order valence-corrected chi connectivity index (χ2v) is 3.38. The lowest BCUT2D eigenvalue weighted by atomic mass is 9.95. The van der Waals surface area contributed by atoms with Gasteiger partial charge in [-0.05, 0) is 6.42 Å². The molecule has 3 atom stereocenters. The second kappa shape index (κ2) is 4.42. The predicted octanol–water partition coefficient (Wildman–Crippen LogP) is 1.27. The molecule has 0 radical (unpaired) electrons. The second-order valence-electron chi connectivity index (χ2n) is 3.38. The minimum absolute atomic E-state index is 0.167. The summed E-state index contributed by atoms with van der Waals surface area (Å²) in [5.41, 5.74) is 0. The van der Waals surface area contributed by atoms with Crippen molar-refractivity contribution in [3.8, 4) is 0 Å². The number of ether oxygens (including phenoxy) is 1. The summed E-state index contributed by atoms with van der Waals surface area (Å²) in [6.45, 7) is 5.67. The summed E-state index contributed by atoms with van der Waals surface area (Å²) in [7, 11) is 0. The van der Waals surface area contributed by atoms with Crippen LogP contribution in [-0.2, 0) is 9.53 Å². The fraction of sp³-hybridized carbons (Fsp3) is 0.700. The van der Waals surface area contributed by atoms with Crippen LogP contribution < -0.4 is 0 Å². The zero-order valence-electron chi connectivity index (χ0n) is 7.90. The van der Waals surface area contributed by atoms with Crippen molar-refractivity contribution in [3.05, 3.63) is 12.7 Å². The van der Waals surface area contributed by atoms with Crippen LogP contribution in [0.3, 0.4) is 0 Å². The zero-order chi connectivity index (χ0) is 9.84. The van der Waals surface area contributed by atoms with E-state index in [9.17, 15) is 9.90 Å². The van der Waals surface area contributed by atoms with Gasteiger partial charge in [0.1, 0.15) is 6.10 Å². The first-order valence-electron chi connectivity index (χ1n) is 4.71. The molecular formula is C10H16O3. The normalized spacial score (nSPS) is 33.1. The molecule has 3 nitrogen and oxygen atoms in total. The molecule has 1 aliphatic heterocycles. The molecule has 0 unspecified atom stereocenters. The molecule has 0 amide bonds. The van der Waals surface area contributed by atoms with Gasteiger partial charge in [-0.1, -0.05) is 25.8 Å². The van der Waals surface area contributed by atoms with E-state index in [1.165, 1.54) is 0 Å². The highest BCUT2D eigenvalue weighted by atomic mass is 16.6. The third-order valence-electron chi connectivity index (χ3n) is 2.42. The van der Waals surface area contributed by atoms with Crippen molar-refractivity contribution in [2.45, 2.75) is 38.4 Å². The van der Waals surface area contributed by atoms with E-state index in [0.29, 0.717) is 0 Å². The maximum atomic E-state index is 11.0. The topological polar surface area (TPSA) is 46.5 Å². The predicted molar refractivity (Wildman–Crippen MR) is 49.1 cm³/mol. The molecule has 1 saturated heterocycles. The maximum absolute atomic E-state index is 11.0. The lowest BCUT2D eigenvalue weighted by Crippen LogP contribution is -2.23. The van der Waals surface area contributed by atoms with Crippen LogP contribution in [0.2, 0.25) is 0 Å². The lowest BCUT2D eigenvalue weighted by Gasteiger charge is -2.13. The summed E-state index contributed by atoms with van der Waals surface area (Å²) in [6.07, 6.45) is 3.33. The molecule has 1 aliphatic rings. The Kier molecular flexibility index (Phi) is 3.48. The largest absolute Gasteiger partial charge is 0.460 e. The molecule has 1 heterocycles. The smallest absolute Gasteiger partial charge is 0.336 e. The number of carbonyl (C=O) groups excluding carboxylic acids is 1. The maximum Gasteiger partial charge on any atom is 0.336 e. The van der Waals surface area contributed by atoms with E-state index in [0.717, 1.165) is 19.3 Å². The third-order valence-corrected chi connectivity index (χ3v) is 2.42. The van der Waals surface area contributed by atoms with Crippen molar-refractivity contribution < 1.29 is 14.6 Å². The van der Waals surface area contributed by atoms with Crippen molar-refractivity contribution in [1.82, 2.24) is 0 Å². The highest BCUT2D eigenvalue weighted by molar-refractivity contribution is 5.77. The van der Waals surface area contributed by atoms with Gasteiger partial charge >= 0.3 is 5.97 Å². The van der Waals surface area contributed by atoms with Gasteiger partial charge in [-0.3, -0.25) is 0 Å². The van der Waals surface area contributed by atoms with Crippen LogP contribution in [0.15, 0.2) is 12.7 Å². The standard InChI is InChI=1S/C10H16O3/c1-3-5-6-8-7(4-2)9(11)10(12)13-8/h4,7-9,11H,2-3,5-6H2,1H3/t7-,8-,9-/m1/s1. The molecule has 0 spiro atoms. The molecule has 74 valence electrons. The molecule has 0 aromatic rings. The summed E-state index contributed by atoms with van der Waals surface area (Å²) >= 11 is 0. The summed E-state index contributed by atoms with van der Waals surface area (Å²) < 4.78 is 5.02. The molecule has 0 aromatic heterocycles. The Morgan fingerprint density at radius 2 is 2.38 bits per heavy atom. The van der Waals surface area contributed by atoms with Crippen LogP contribution in [0.5, 0.6) is 0 Å². The van der Waals surface area contributed by atoms with Gasteiger partial charge in [0.05, 0.1) is 5.92 Å². The summed E-state index contributed by atoms with van der Waals surface area (Å²) in [5.74, 6) is -0.731. The number of unbranched alkanes of at least 4 members (excludes halogenated alkanes) is 1. The van der Waals surface area contributed by atoms with Crippen LogP contribution in [0.25, 0.3) is 0 Å². The first-order valence-corrected chi connectivity index (χ1v) is 4.71. The van der Waals surface area contributed by atoms with Gasteiger partial charge in [-0.2, -0.15) is 0 Å². The van der Waals surface area contributed by atoms with Crippen LogP contribution >= 0.6 is 0 Å². The Balaban J connectivity index is 2.54. The zero-order valence-corrected chi connectivity index (χ0v) is 7.90. The molecule has 1 N–H and O–H groups in total. The van der Waals surface area contributed by atoms with E-state index in [-0.39, 0.29) is 12.0 Å². The SMILES string of the molecule is C=C[C@@H]1[C@@H](CCCC)OC(=O)[C@@H]1O. The highest BCUT2D eigenvalue weighted by Crippen LogP contribution is 2.27. The number of aliphatic hydroxyl groups is 1. The minimum Gasteiger partial charge on any atom is -0.460 e. The molecule has 3 heteroatoms. The van der Waals surface area contributed by atoms with Crippen molar-refractivity contribution >= 4 is 5.97 Å². The van der Waals surface area contributed by atoms with E-state index < -0.39 is 12.1 Å². The summed E-state index contributed by atoms with van der Waals surface area (Å²) in [5, 5.41) is 9.38. The first kappa shape index (κ1) is 10.3. The number of hydrogen-bond acceptors (Lipinski definition) is 3. The Labute approximate surface area is 78.4 Å². The fourth-order valence-electron chi connectivity index (χ4n) is 1.60. The molecule has 1 fully saturated rings. The van der Waals surface area contributed by atoms with Gasteiger partial charge in [0.15, 0.2) is 6.10 Å². The van der Waals surface area contributed by atoms with Crippen LogP contribution in [-0.4, -0.2) is 23.3 Å². The lowest BCUT2D eigenvalue weighted by molar-refractivity contribution is -0.147. The molecule has 1 rings (SSSR count). The average molecular weight is 184 g/mol. The van der Waals surface area contributed by atoms with Gasteiger partial charge < -0.3 is 9.84 Å². The van der Waals surface area contributed by atoms with E-state index in [1.54, 1.807) is 6.08 Å². The van der Waals surface area contributed by atoms with Gasteiger partial charge in [0.2, 0.25) is 0 Å². The van der Waals surface area contributed by atoms with Crippen molar-refractivity contribution in [3.63, 3.8) is 0 Å². The molecule has 0 aliphatic carbocycles. The number of rotatable bonds is 4. The fourth-order valence-corrected chi connectivity index (χ4v) is 1.60. The van der Waals surface area contributed by atoms with E-state index in [4.69, 9.17) is 4.74 Å². The Bertz CT molecular complexity index is 200. The van der Waals surface area contributed by atoms with E-state index in [2.05, 4.69) is 13.5 Å². The van der Waals surface area contributed by atoms with Gasteiger partial charge in [-0.15, -0.1) is 6.58 Å². The van der Waals surface area contributed by atoms with E-state index in [1.807, 2.05) is 0 Å². The number of aliphatic hydroxyl groups excluding tert-OH is 1. The molecule has 0 saturated carbocycles. The quantitative estimate of drug-likeness (QED) is 0.528. The Morgan fingerprint density at radius 3 is 2.92 bits per heavy atom. The van der Waals surface area contributed by atoms with Crippen molar-refractivity contribution in [1.29, 1.82) is 0 Å². The first-order chi connectivity index (χ1) is 6.20. The molecule has 0 aromatic carbocycles. The van der Waals surface area contributed by atoms with Gasteiger partial charge in [0, 0.05) is 0 Å². The monoisotopic (exact) mass is 184 g/mol. The Hall–Kier alpha value is -0.830. The number of cyclic esters (lactones) is 1. The summed E-state index contributed by atoms with van der Waals surface area (Å²) in [4.78, 5) is 11.0.